The summed E-state index contributed by atoms with van der Waals surface area (Å²) in [4.78, 5) is 15.3. The van der Waals surface area contributed by atoms with E-state index in [0.29, 0.717) is 9.88 Å². The molecule has 0 unspecified atom stereocenters. The van der Waals surface area contributed by atoms with Crippen molar-refractivity contribution >= 4 is 17.1 Å². The highest BCUT2D eigenvalue weighted by Crippen LogP contribution is 2.13. The van der Waals surface area contributed by atoms with Crippen LogP contribution in [-0.2, 0) is 6.42 Å². The summed E-state index contributed by atoms with van der Waals surface area (Å²) in [6.45, 7) is 1.49. The number of carbonyl (C=O) groups is 1. The summed E-state index contributed by atoms with van der Waals surface area (Å²) in [5.74, 6) is 0.00619. The molecule has 1 rings (SSSR count). The van der Waals surface area contributed by atoms with Crippen LogP contribution in [0, 0.1) is 11.3 Å². The zero-order valence-electron chi connectivity index (χ0n) is 6.00. The molecule has 0 N–H and O–H groups in total. The molecule has 0 saturated carbocycles. The fourth-order valence-electron chi connectivity index (χ4n) is 0.622. The number of thiazole rings is 1. The molecule has 56 valence electrons. The molecule has 0 fully saturated rings. The molecule has 0 aliphatic heterocycles. The van der Waals surface area contributed by atoms with Gasteiger partial charge in [0, 0.05) is 13.1 Å². The van der Waals surface area contributed by atoms with Crippen molar-refractivity contribution in [1.29, 1.82) is 5.26 Å². The molecule has 0 bridgehead atoms. The Morgan fingerprint density at radius 1 is 1.91 bits per heavy atom. The summed E-state index contributed by atoms with van der Waals surface area (Å²) >= 11 is 1.28. The number of hydrogen-bond donors (Lipinski definition) is 0. The summed E-state index contributed by atoms with van der Waals surface area (Å²) in [5, 5.41) is 9.01. The molecule has 0 aromatic carbocycles. The third-order valence-corrected chi connectivity index (χ3v) is 2.23. The highest BCUT2D eigenvalue weighted by atomic mass is 32.1. The molecule has 1 heterocycles. The molecule has 11 heavy (non-hydrogen) atoms. The fraction of sp³-hybridized carbons (Fsp3) is 0.286. The first-order valence-corrected chi connectivity index (χ1v) is 3.88. The second kappa shape index (κ2) is 3.26. The largest absolute Gasteiger partial charge is 0.294 e. The number of nitriles is 1. The van der Waals surface area contributed by atoms with E-state index in [-0.39, 0.29) is 12.2 Å². The molecule has 0 spiro atoms. The van der Waals surface area contributed by atoms with E-state index in [0.717, 1.165) is 0 Å². The summed E-state index contributed by atoms with van der Waals surface area (Å²) < 4.78 is 0. The Kier molecular flexibility index (Phi) is 2.34. The lowest BCUT2D eigenvalue weighted by molar-refractivity contribution is 0.102. The third-order valence-electron chi connectivity index (χ3n) is 1.13. The van der Waals surface area contributed by atoms with E-state index < -0.39 is 0 Å². The number of Topliss-reactive ketones (excluding diaryl/α,β-unsaturated/α-hetero) is 1. The van der Waals surface area contributed by atoms with E-state index >= 15 is 0 Å². The molecule has 1 aromatic heterocycles. The minimum absolute atomic E-state index is 0.00619. The van der Waals surface area contributed by atoms with Gasteiger partial charge in [0.05, 0.1) is 17.4 Å². The van der Waals surface area contributed by atoms with Gasteiger partial charge in [0.25, 0.3) is 0 Å². The van der Waals surface area contributed by atoms with E-state index in [1.165, 1.54) is 24.5 Å². The van der Waals surface area contributed by atoms with Crippen molar-refractivity contribution in [3.05, 3.63) is 16.1 Å². The first-order valence-electron chi connectivity index (χ1n) is 3.06. The number of ketones is 1. The van der Waals surface area contributed by atoms with Gasteiger partial charge in [-0.25, -0.2) is 4.98 Å². The highest BCUT2D eigenvalue weighted by molar-refractivity contribution is 7.13. The SMILES string of the molecule is CC(=O)c1cnc(CC#N)s1. The van der Waals surface area contributed by atoms with Gasteiger partial charge in [-0.1, -0.05) is 0 Å². The molecule has 0 saturated heterocycles. The summed E-state index contributed by atoms with van der Waals surface area (Å²) in [7, 11) is 0. The second-order valence-corrected chi connectivity index (χ2v) is 3.12. The van der Waals surface area contributed by atoms with Crippen LogP contribution in [0.25, 0.3) is 0 Å². The number of hydrogen-bond acceptors (Lipinski definition) is 4. The van der Waals surface area contributed by atoms with Gasteiger partial charge >= 0.3 is 0 Å². The van der Waals surface area contributed by atoms with Crippen LogP contribution < -0.4 is 0 Å². The predicted molar refractivity (Wildman–Crippen MR) is 41.4 cm³/mol. The number of aromatic nitrogens is 1. The van der Waals surface area contributed by atoms with Crippen molar-refractivity contribution in [3.63, 3.8) is 0 Å². The Labute approximate surface area is 68.3 Å². The Bertz CT molecular complexity index is 310. The topological polar surface area (TPSA) is 53.8 Å². The monoisotopic (exact) mass is 166 g/mol. The quantitative estimate of drug-likeness (QED) is 0.624. The van der Waals surface area contributed by atoms with Crippen molar-refractivity contribution in [1.82, 2.24) is 4.98 Å². The van der Waals surface area contributed by atoms with Crippen LogP contribution in [0.15, 0.2) is 6.20 Å². The molecule has 0 aliphatic rings. The van der Waals surface area contributed by atoms with Crippen LogP contribution in [-0.4, -0.2) is 10.8 Å². The van der Waals surface area contributed by atoms with Gasteiger partial charge in [0.15, 0.2) is 5.78 Å². The van der Waals surface area contributed by atoms with Gasteiger partial charge in [-0.15, -0.1) is 11.3 Å². The van der Waals surface area contributed by atoms with Crippen molar-refractivity contribution in [2.75, 3.05) is 0 Å². The van der Waals surface area contributed by atoms with E-state index in [1.54, 1.807) is 0 Å². The van der Waals surface area contributed by atoms with E-state index in [4.69, 9.17) is 5.26 Å². The van der Waals surface area contributed by atoms with Crippen molar-refractivity contribution < 1.29 is 4.79 Å². The lowest BCUT2D eigenvalue weighted by Gasteiger charge is -1.80. The zero-order chi connectivity index (χ0) is 8.27. The van der Waals surface area contributed by atoms with Gasteiger partial charge in [-0.2, -0.15) is 5.26 Å². The Morgan fingerprint density at radius 3 is 3.09 bits per heavy atom. The minimum atomic E-state index is 0.00619. The average Bonchev–Trinajstić information content (AvgIpc) is 2.37. The summed E-state index contributed by atoms with van der Waals surface area (Å²) in [6.07, 6.45) is 1.80. The smallest absolute Gasteiger partial charge is 0.171 e. The maximum Gasteiger partial charge on any atom is 0.171 e. The van der Waals surface area contributed by atoms with Crippen LogP contribution in [0.5, 0.6) is 0 Å². The lowest BCUT2D eigenvalue weighted by atomic mass is 10.4. The molecule has 3 nitrogen and oxygen atoms in total. The maximum absolute atomic E-state index is 10.8. The first kappa shape index (κ1) is 7.89. The average molecular weight is 166 g/mol. The maximum atomic E-state index is 10.8. The Morgan fingerprint density at radius 2 is 2.64 bits per heavy atom. The van der Waals surface area contributed by atoms with E-state index in [9.17, 15) is 4.79 Å². The van der Waals surface area contributed by atoms with Crippen LogP contribution in [0.4, 0.5) is 0 Å². The van der Waals surface area contributed by atoms with Crippen LogP contribution in [0.3, 0.4) is 0 Å². The predicted octanol–water partition coefficient (Wildman–Crippen LogP) is 1.41. The number of carbonyl (C=O) groups excluding carboxylic acids is 1. The standard InChI is InChI=1S/C7H6N2OS/c1-5(10)6-4-9-7(11-6)2-3-8/h4H,2H2,1H3. The normalized spacial score (nSPS) is 9.09. The lowest BCUT2D eigenvalue weighted by Crippen LogP contribution is -1.83. The Hall–Kier alpha value is -1.21. The second-order valence-electron chi connectivity index (χ2n) is 2.01. The van der Waals surface area contributed by atoms with Crippen LogP contribution in [0.1, 0.15) is 21.6 Å². The number of rotatable bonds is 2. The van der Waals surface area contributed by atoms with Crippen molar-refractivity contribution in [3.8, 4) is 6.07 Å². The van der Waals surface area contributed by atoms with Gasteiger partial charge in [0.2, 0.25) is 0 Å². The summed E-state index contributed by atoms with van der Waals surface area (Å²) in [6, 6.07) is 1.97. The molecular formula is C7H6N2OS. The van der Waals surface area contributed by atoms with Crippen LogP contribution >= 0.6 is 11.3 Å². The molecule has 0 radical (unpaired) electrons. The van der Waals surface area contributed by atoms with Crippen molar-refractivity contribution in [2.24, 2.45) is 0 Å². The highest BCUT2D eigenvalue weighted by Gasteiger charge is 2.04. The minimum Gasteiger partial charge on any atom is -0.294 e. The van der Waals surface area contributed by atoms with Crippen LogP contribution in [0.2, 0.25) is 0 Å². The molecule has 0 aliphatic carbocycles. The first-order chi connectivity index (χ1) is 5.24. The van der Waals surface area contributed by atoms with Crippen molar-refractivity contribution in [2.45, 2.75) is 13.3 Å². The third kappa shape index (κ3) is 1.85. The molecule has 4 heteroatoms. The molecule has 0 amide bonds. The summed E-state index contributed by atoms with van der Waals surface area (Å²) in [5.41, 5.74) is 0. The van der Waals surface area contributed by atoms with E-state index in [2.05, 4.69) is 4.98 Å². The van der Waals surface area contributed by atoms with Gasteiger partial charge in [0.1, 0.15) is 5.01 Å². The van der Waals surface area contributed by atoms with Gasteiger partial charge in [-0.3, -0.25) is 4.79 Å². The zero-order valence-corrected chi connectivity index (χ0v) is 6.81. The molecule has 1 aromatic rings. The fourth-order valence-corrected chi connectivity index (χ4v) is 1.37. The number of nitrogens with zero attached hydrogens (tertiary/aromatic N) is 2. The van der Waals surface area contributed by atoms with Gasteiger partial charge < -0.3 is 0 Å². The van der Waals surface area contributed by atoms with E-state index in [1.807, 2.05) is 6.07 Å². The van der Waals surface area contributed by atoms with Gasteiger partial charge in [-0.05, 0) is 0 Å². The molecule has 0 atom stereocenters. The Balaban J connectivity index is 2.83. The molecular weight excluding hydrogens is 160 g/mol.